The fourth-order valence-corrected chi connectivity index (χ4v) is 2.81. The Kier molecular flexibility index (Phi) is 4.98. The molecule has 6 nitrogen and oxygen atoms in total. The zero-order valence-electron chi connectivity index (χ0n) is 13.1. The molecule has 0 spiro atoms. The van der Waals surface area contributed by atoms with Crippen molar-refractivity contribution in [3.8, 4) is 0 Å². The SMILES string of the molecule is O=C(c1ccccc1)c1ccc(CC2CNCCO2)cc1[N+](=O)[O-]. The number of benzene rings is 2. The second-order valence-corrected chi connectivity index (χ2v) is 5.70. The van der Waals surface area contributed by atoms with Crippen LogP contribution in [0.3, 0.4) is 0 Å². The van der Waals surface area contributed by atoms with E-state index in [-0.39, 0.29) is 23.1 Å². The Bertz CT molecular complexity index is 740. The monoisotopic (exact) mass is 326 g/mol. The molecule has 1 aliphatic rings. The fourth-order valence-electron chi connectivity index (χ4n) is 2.81. The van der Waals surface area contributed by atoms with Gasteiger partial charge in [-0.2, -0.15) is 0 Å². The van der Waals surface area contributed by atoms with Crippen LogP contribution in [0.5, 0.6) is 0 Å². The number of carbonyl (C=O) groups is 1. The molecule has 3 rings (SSSR count). The van der Waals surface area contributed by atoms with Crippen molar-refractivity contribution in [1.29, 1.82) is 0 Å². The Balaban J connectivity index is 1.87. The van der Waals surface area contributed by atoms with Gasteiger partial charge in [-0.25, -0.2) is 0 Å². The first kappa shape index (κ1) is 16.3. The Hall–Kier alpha value is -2.57. The van der Waals surface area contributed by atoms with Gasteiger partial charge < -0.3 is 10.1 Å². The van der Waals surface area contributed by atoms with Gasteiger partial charge in [0.05, 0.1) is 17.6 Å². The quantitative estimate of drug-likeness (QED) is 0.518. The minimum Gasteiger partial charge on any atom is -0.375 e. The number of nitrogens with zero attached hydrogens (tertiary/aromatic N) is 1. The average Bonchev–Trinajstić information content (AvgIpc) is 2.62. The summed E-state index contributed by atoms with van der Waals surface area (Å²) in [6, 6.07) is 13.4. The normalized spacial score (nSPS) is 17.4. The van der Waals surface area contributed by atoms with E-state index in [9.17, 15) is 14.9 Å². The van der Waals surface area contributed by atoms with Crippen molar-refractivity contribution in [2.24, 2.45) is 0 Å². The fraction of sp³-hybridized carbons (Fsp3) is 0.278. The number of rotatable bonds is 5. The van der Waals surface area contributed by atoms with E-state index in [4.69, 9.17) is 4.74 Å². The van der Waals surface area contributed by atoms with Crippen molar-refractivity contribution >= 4 is 11.5 Å². The van der Waals surface area contributed by atoms with Gasteiger partial charge in [0.25, 0.3) is 5.69 Å². The van der Waals surface area contributed by atoms with Crippen LogP contribution in [0, 0.1) is 10.1 Å². The van der Waals surface area contributed by atoms with Crippen LogP contribution in [0.25, 0.3) is 0 Å². The summed E-state index contributed by atoms with van der Waals surface area (Å²) >= 11 is 0. The first-order chi connectivity index (χ1) is 11.6. The number of ether oxygens (including phenoxy) is 1. The van der Waals surface area contributed by atoms with Crippen molar-refractivity contribution in [1.82, 2.24) is 5.32 Å². The van der Waals surface area contributed by atoms with Crippen LogP contribution in [0.4, 0.5) is 5.69 Å². The van der Waals surface area contributed by atoms with E-state index in [1.165, 1.54) is 6.07 Å². The van der Waals surface area contributed by atoms with E-state index in [1.54, 1.807) is 42.5 Å². The highest BCUT2D eigenvalue weighted by molar-refractivity contribution is 6.11. The van der Waals surface area contributed by atoms with Gasteiger partial charge in [0.15, 0.2) is 5.78 Å². The molecule has 2 aromatic carbocycles. The minimum atomic E-state index is -0.500. The lowest BCUT2D eigenvalue weighted by atomic mass is 9.98. The maximum Gasteiger partial charge on any atom is 0.280 e. The van der Waals surface area contributed by atoms with Crippen LogP contribution in [0.15, 0.2) is 48.5 Å². The average molecular weight is 326 g/mol. The molecule has 124 valence electrons. The molecule has 0 aliphatic carbocycles. The van der Waals surface area contributed by atoms with Gasteiger partial charge in [-0.15, -0.1) is 0 Å². The highest BCUT2D eigenvalue weighted by atomic mass is 16.6. The number of hydrogen-bond donors (Lipinski definition) is 1. The number of morpholine rings is 1. The van der Waals surface area contributed by atoms with Gasteiger partial charge in [-0.05, 0) is 11.6 Å². The molecule has 0 saturated carbocycles. The zero-order valence-corrected chi connectivity index (χ0v) is 13.1. The van der Waals surface area contributed by atoms with Crippen molar-refractivity contribution in [3.05, 3.63) is 75.3 Å². The maximum absolute atomic E-state index is 12.5. The summed E-state index contributed by atoms with van der Waals surface area (Å²) in [5.41, 5.74) is 1.18. The molecule has 1 heterocycles. The third kappa shape index (κ3) is 3.67. The van der Waals surface area contributed by atoms with Gasteiger partial charge in [0.2, 0.25) is 0 Å². The molecule has 1 saturated heterocycles. The number of ketones is 1. The van der Waals surface area contributed by atoms with Gasteiger partial charge in [-0.3, -0.25) is 14.9 Å². The number of nitro benzene ring substituents is 1. The van der Waals surface area contributed by atoms with Crippen LogP contribution in [0.1, 0.15) is 21.5 Å². The first-order valence-corrected chi connectivity index (χ1v) is 7.84. The lowest BCUT2D eigenvalue weighted by molar-refractivity contribution is -0.385. The summed E-state index contributed by atoms with van der Waals surface area (Å²) in [6.07, 6.45) is 0.572. The second-order valence-electron chi connectivity index (χ2n) is 5.70. The molecule has 1 aliphatic heterocycles. The molecule has 0 bridgehead atoms. The van der Waals surface area contributed by atoms with Gasteiger partial charge in [0.1, 0.15) is 5.56 Å². The Morgan fingerprint density at radius 2 is 2.04 bits per heavy atom. The van der Waals surface area contributed by atoms with Gasteiger partial charge in [0, 0.05) is 31.1 Å². The van der Waals surface area contributed by atoms with Crippen molar-refractivity contribution < 1.29 is 14.5 Å². The molecule has 1 fully saturated rings. The number of hydrogen-bond acceptors (Lipinski definition) is 5. The van der Waals surface area contributed by atoms with E-state index >= 15 is 0 Å². The number of carbonyl (C=O) groups excluding carboxylic acids is 1. The summed E-state index contributed by atoms with van der Waals surface area (Å²) in [6.45, 7) is 2.18. The smallest absolute Gasteiger partial charge is 0.280 e. The van der Waals surface area contributed by atoms with Gasteiger partial charge >= 0.3 is 0 Å². The van der Waals surface area contributed by atoms with E-state index < -0.39 is 4.92 Å². The molecule has 0 radical (unpaired) electrons. The van der Waals surface area contributed by atoms with E-state index in [1.807, 2.05) is 0 Å². The van der Waals surface area contributed by atoms with E-state index in [2.05, 4.69) is 5.32 Å². The summed E-state index contributed by atoms with van der Waals surface area (Å²) in [5.74, 6) is -0.343. The lowest BCUT2D eigenvalue weighted by Gasteiger charge is -2.23. The predicted octanol–water partition coefficient (Wildman–Crippen LogP) is 2.36. The molecule has 0 aromatic heterocycles. The van der Waals surface area contributed by atoms with Crippen LogP contribution in [-0.2, 0) is 11.2 Å². The van der Waals surface area contributed by atoms with Crippen LogP contribution < -0.4 is 5.32 Å². The summed E-state index contributed by atoms with van der Waals surface area (Å²) in [4.78, 5) is 23.4. The zero-order chi connectivity index (χ0) is 16.9. The molecular weight excluding hydrogens is 308 g/mol. The third-order valence-electron chi connectivity index (χ3n) is 4.01. The predicted molar refractivity (Wildman–Crippen MR) is 89.3 cm³/mol. The minimum absolute atomic E-state index is 0.00553. The van der Waals surface area contributed by atoms with E-state index in [0.717, 1.165) is 18.7 Å². The summed E-state index contributed by atoms with van der Waals surface area (Å²) < 4.78 is 5.63. The van der Waals surface area contributed by atoms with Crippen LogP contribution in [-0.4, -0.2) is 36.5 Å². The largest absolute Gasteiger partial charge is 0.375 e. The van der Waals surface area contributed by atoms with Crippen molar-refractivity contribution in [2.75, 3.05) is 19.7 Å². The lowest BCUT2D eigenvalue weighted by Crippen LogP contribution is -2.39. The Morgan fingerprint density at radius 1 is 1.25 bits per heavy atom. The van der Waals surface area contributed by atoms with Gasteiger partial charge in [-0.1, -0.05) is 36.4 Å². The third-order valence-corrected chi connectivity index (χ3v) is 4.01. The summed E-state index contributed by atoms with van der Waals surface area (Å²) in [5, 5.41) is 14.6. The molecular formula is C18H18N2O4. The number of nitrogens with one attached hydrogen (secondary N) is 1. The van der Waals surface area contributed by atoms with Crippen molar-refractivity contribution in [2.45, 2.75) is 12.5 Å². The molecule has 1 N–H and O–H groups in total. The summed E-state index contributed by atoms with van der Waals surface area (Å²) in [7, 11) is 0. The molecule has 1 atom stereocenters. The van der Waals surface area contributed by atoms with E-state index in [0.29, 0.717) is 18.6 Å². The first-order valence-electron chi connectivity index (χ1n) is 7.84. The molecule has 0 amide bonds. The highest BCUT2D eigenvalue weighted by Gasteiger charge is 2.23. The van der Waals surface area contributed by atoms with Crippen LogP contribution >= 0.6 is 0 Å². The molecule has 24 heavy (non-hydrogen) atoms. The molecule has 1 unspecified atom stereocenters. The highest BCUT2D eigenvalue weighted by Crippen LogP contribution is 2.24. The Labute approximate surface area is 139 Å². The second kappa shape index (κ2) is 7.33. The number of nitro groups is 1. The molecule has 2 aromatic rings. The van der Waals surface area contributed by atoms with Crippen LogP contribution in [0.2, 0.25) is 0 Å². The van der Waals surface area contributed by atoms with Crippen molar-refractivity contribution in [3.63, 3.8) is 0 Å². The standard InChI is InChI=1S/C18H18N2O4/c21-18(14-4-2-1-3-5-14)16-7-6-13(11-17(16)20(22)23)10-15-12-19-8-9-24-15/h1-7,11,15,19H,8-10,12H2. The molecule has 6 heteroatoms. The maximum atomic E-state index is 12.5. The topological polar surface area (TPSA) is 81.5 Å². The Morgan fingerprint density at radius 3 is 2.71 bits per heavy atom.